The maximum atomic E-state index is 12.7. The van der Waals surface area contributed by atoms with Gasteiger partial charge in [0.1, 0.15) is 11.5 Å². The Bertz CT molecular complexity index is 1150. The standard InChI is InChI=1S/C22H13F3N2/c23-22(24,25)18-12-9-16(10-13-18)11-14-19-20-8-4-5-15-27(20)21(26-19)17-6-2-1-3-7-17/h1-10,12-13,15H. The number of alkyl halides is 3. The van der Waals surface area contributed by atoms with Crippen LogP contribution in [-0.2, 0) is 6.18 Å². The molecule has 0 aliphatic carbocycles. The van der Waals surface area contributed by atoms with Crippen LogP contribution in [0.1, 0.15) is 16.8 Å². The van der Waals surface area contributed by atoms with Gasteiger partial charge in [-0.15, -0.1) is 0 Å². The van der Waals surface area contributed by atoms with Gasteiger partial charge in [0.25, 0.3) is 0 Å². The van der Waals surface area contributed by atoms with E-state index in [-0.39, 0.29) is 0 Å². The Morgan fingerprint density at radius 1 is 0.778 bits per heavy atom. The fraction of sp³-hybridized carbons (Fsp3) is 0.0455. The van der Waals surface area contributed by atoms with Crippen LogP contribution in [0.4, 0.5) is 13.2 Å². The van der Waals surface area contributed by atoms with Gasteiger partial charge in [-0.1, -0.05) is 42.3 Å². The molecule has 5 heteroatoms. The Morgan fingerprint density at radius 2 is 1.48 bits per heavy atom. The molecule has 4 rings (SSSR count). The minimum Gasteiger partial charge on any atom is -0.298 e. The van der Waals surface area contributed by atoms with Crippen LogP contribution in [0, 0.1) is 11.8 Å². The van der Waals surface area contributed by atoms with E-state index in [1.165, 1.54) is 12.1 Å². The normalized spacial score (nSPS) is 11.2. The van der Waals surface area contributed by atoms with E-state index in [1.807, 2.05) is 59.1 Å². The van der Waals surface area contributed by atoms with Crippen molar-refractivity contribution >= 4 is 5.52 Å². The molecule has 0 amide bonds. The lowest BCUT2D eigenvalue weighted by molar-refractivity contribution is -0.137. The zero-order chi connectivity index (χ0) is 18.9. The summed E-state index contributed by atoms with van der Waals surface area (Å²) in [7, 11) is 0. The van der Waals surface area contributed by atoms with E-state index in [0.29, 0.717) is 11.3 Å². The van der Waals surface area contributed by atoms with E-state index in [4.69, 9.17) is 0 Å². The highest BCUT2D eigenvalue weighted by molar-refractivity contribution is 5.69. The number of hydrogen-bond acceptors (Lipinski definition) is 1. The summed E-state index contributed by atoms with van der Waals surface area (Å²) >= 11 is 0. The van der Waals surface area contributed by atoms with Crippen molar-refractivity contribution in [3.05, 3.63) is 95.8 Å². The van der Waals surface area contributed by atoms with Crippen LogP contribution in [0.3, 0.4) is 0 Å². The number of benzene rings is 2. The molecule has 2 heterocycles. The highest BCUT2D eigenvalue weighted by atomic mass is 19.4. The Kier molecular flexibility index (Phi) is 4.17. The van der Waals surface area contributed by atoms with E-state index in [2.05, 4.69) is 16.8 Å². The molecule has 2 aromatic carbocycles. The molecule has 0 fully saturated rings. The number of halogens is 3. The van der Waals surface area contributed by atoms with Crippen molar-refractivity contribution in [2.75, 3.05) is 0 Å². The van der Waals surface area contributed by atoms with Gasteiger partial charge in [-0.25, -0.2) is 4.98 Å². The van der Waals surface area contributed by atoms with Gasteiger partial charge in [0.15, 0.2) is 0 Å². The van der Waals surface area contributed by atoms with Crippen molar-refractivity contribution in [1.29, 1.82) is 0 Å². The third-order valence-corrected chi connectivity index (χ3v) is 4.12. The topological polar surface area (TPSA) is 17.3 Å². The van der Waals surface area contributed by atoms with Gasteiger partial charge < -0.3 is 0 Å². The second-order valence-corrected chi connectivity index (χ2v) is 5.93. The molecule has 0 unspecified atom stereocenters. The lowest BCUT2D eigenvalue weighted by Crippen LogP contribution is -2.04. The van der Waals surface area contributed by atoms with E-state index in [9.17, 15) is 13.2 Å². The molecule has 0 saturated carbocycles. The van der Waals surface area contributed by atoms with Gasteiger partial charge in [0.05, 0.1) is 11.1 Å². The molecule has 0 N–H and O–H groups in total. The molecule has 132 valence electrons. The Balaban J connectivity index is 1.75. The number of nitrogens with zero attached hydrogens (tertiary/aromatic N) is 2. The van der Waals surface area contributed by atoms with E-state index in [1.54, 1.807) is 0 Å². The predicted molar refractivity (Wildman–Crippen MR) is 98.1 cm³/mol. The predicted octanol–water partition coefficient (Wildman–Crippen LogP) is 5.42. The zero-order valence-electron chi connectivity index (χ0n) is 14.0. The molecule has 4 aromatic rings. The summed E-state index contributed by atoms with van der Waals surface area (Å²) in [4.78, 5) is 4.64. The largest absolute Gasteiger partial charge is 0.416 e. The van der Waals surface area contributed by atoms with Gasteiger partial charge in [-0.05, 0) is 42.3 Å². The number of imidazole rings is 1. The quantitative estimate of drug-likeness (QED) is 0.413. The van der Waals surface area contributed by atoms with Crippen LogP contribution in [0.15, 0.2) is 79.0 Å². The van der Waals surface area contributed by atoms with Gasteiger partial charge in [0, 0.05) is 17.3 Å². The summed E-state index contributed by atoms with van der Waals surface area (Å²) in [5.74, 6) is 6.66. The van der Waals surface area contributed by atoms with E-state index in [0.717, 1.165) is 29.0 Å². The molecule has 0 atom stereocenters. The highest BCUT2D eigenvalue weighted by Crippen LogP contribution is 2.29. The smallest absolute Gasteiger partial charge is 0.298 e. The van der Waals surface area contributed by atoms with E-state index >= 15 is 0 Å². The van der Waals surface area contributed by atoms with Crippen molar-refractivity contribution in [2.24, 2.45) is 0 Å². The third-order valence-electron chi connectivity index (χ3n) is 4.12. The molecule has 0 aliphatic rings. The molecule has 2 aromatic heterocycles. The third kappa shape index (κ3) is 3.42. The van der Waals surface area contributed by atoms with Crippen LogP contribution in [0.5, 0.6) is 0 Å². The van der Waals surface area contributed by atoms with Crippen molar-refractivity contribution < 1.29 is 13.2 Å². The lowest BCUT2D eigenvalue weighted by atomic mass is 10.1. The highest BCUT2D eigenvalue weighted by Gasteiger charge is 2.29. The summed E-state index contributed by atoms with van der Waals surface area (Å²) in [6.45, 7) is 0. The number of fused-ring (bicyclic) bond motifs is 1. The monoisotopic (exact) mass is 362 g/mol. The average Bonchev–Trinajstić information content (AvgIpc) is 3.06. The van der Waals surface area contributed by atoms with Crippen molar-refractivity contribution in [1.82, 2.24) is 9.38 Å². The first-order chi connectivity index (χ1) is 13.0. The summed E-state index contributed by atoms with van der Waals surface area (Å²) in [5.41, 5.74) is 2.19. The fourth-order valence-corrected chi connectivity index (χ4v) is 2.79. The summed E-state index contributed by atoms with van der Waals surface area (Å²) in [6.07, 6.45) is -2.44. The zero-order valence-corrected chi connectivity index (χ0v) is 14.0. The first kappa shape index (κ1) is 16.9. The number of aromatic nitrogens is 2. The van der Waals surface area contributed by atoms with Crippen LogP contribution >= 0.6 is 0 Å². The average molecular weight is 362 g/mol. The van der Waals surface area contributed by atoms with Crippen molar-refractivity contribution in [2.45, 2.75) is 6.18 Å². The summed E-state index contributed by atoms with van der Waals surface area (Å²) in [5, 5.41) is 0. The van der Waals surface area contributed by atoms with Gasteiger partial charge in [0.2, 0.25) is 0 Å². The molecule has 0 aliphatic heterocycles. The lowest BCUT2D eigenvalue weighted by Gasteiger charge is -2.05. The Morgan fingerprint density at radius 3 is 2.19 bits per heavy atom. The second-order valence-electron chi connectivity index (χ2n) is 5.93. The van der Waals surface area contributed by atoms with Gasteiger partial charge in [-0.3, -0.25) is 4.40 Å². The first-order valence-corrected chi connectivity index (χ1v) is 8.24. The Labute approximate surface area is 153 Å². The number of pyridine rings is 1. The summed E-state index contributed by atoms with van der Waals surface area (Å²) in [6, 6.07) is 20.3. The number of rotatable bonds is 1. The SMILES string of the molecule is FC(F)(F)c1ccc(C#Cc2nc(-c3ccccc3)n3ccccc23)cc1. The summed E-state index contributed by atoms with van der Waals surface area (Å²) < 4.78 is 39.9. The molecule has 0 bridgehead atoms. The Hall–Kier alpha value is -3.52. The molecular weight excluding hydrogens is 349 g/mol. The molecule has 0 radical (unpaired) electrons. The van der Waals surface area contributed by atoms with Gasteiger partial charge >= 0.3 is 6.18 Å². The molecule has 0 spiro atoms. The first-order valence-electron chi connectivity index (χ1n) is 8.24. The van der Waals surface area contributed by atoms with Crippen LogP contribution in [0.2, 0.25) is 0 Å². The van der Waals surface area contributed by atoms with Gasteiger partial charge in [-0.2, -0.15) is 13.2 Å². The molecular formula is C22H13F3N2. The maximum Gasteiger partial charge on any atom is 0.416 e. The minimum atomic E-state index is -4.35. The van der Waals surface area contributed by atoms with Crippen LogP contribution in [0.25, 0.3) is 16.9 Å². The van der Waals surface area contributed by atoms with Crippen molar-refractivity contribution in [3.63, 3.8) is 0 Å². The fourth-order valence-electron chi connectivity index (χ4n) is 2.79. The maximum absolute atomic E-state index is 12.7. The minimum absolute atomic E-state index is 0.501. The molecule has 0 saturated heterocycles. The van der Waals surface area contributed by atoms with E-state index < -0.39 is 11.7 Å². The van der Waals surface area contributed by atoms with Crippen LogP contribution < -0.4 is 0 Å². The molecule has 2 nitrogen and oxygen atoms in total. The number of hydrogen-bond donors (Lipinski definition) is 0. The van der Waals surface area contributed by atoms with Crippen molar-refractivity contribution in [3.8, 4) is 23.2 Å². The van der Waals surface area contributed by atoms with Crippen LogP contribution in [-0.4, -0.2) is 9.38 Å². The second kappa shape index (κ2) is 6.65. The molecule has 27 heavy (non-hydrogen) atoms.